The number of methoxy groups -OCH3 is 1. The number of ether oxygens (including phenoxy) is 1. The van der Waals surface area contributed by atoms with E-state index in [2.05, 4.69) is 35.6 Å². The number of nitrogen functional groups attached to an aromatic ring is 1. The fourth-order valence-corrected chi connectivity index (χ4v) is 3.38. The van der Waals surface area contributed by atoms with Gasteiger partial charge in [-0.15, -0.1) is 0 Å². The first-order valence-corrected chi connectivity index (χ1v) is 8.25. The molecule has 0 saturated carbocycles. The van der Waals surface area contributed by atoms with Gasteiger partial charge >= 0.3 is 12.3 Å². The number of aromatic nitrogens is 3. The number of fused-ring (bicyclic) bond motifs is 1. The number of hydrogen-bond donors (Lipinski definition) is 2. The Labute approximate surface area is 159 Å². The van der Waals surface area contributed by atoms with E-state index in [-0.39, 0.29) is 17.2 Å². The number of hydrogen-bond acceptors (Lipinski definition) is 5. The van der Waals surface area contributed by atoms with Crippen molar-refractivity contribution in [1.29, 1.82) is 0 Å². The zero-order valence-electron chi connectivity index (χ0n) is 14.1. The molecule has 3 rings (SSSR count). The molecular formula is C16H13BrF3N5O2. The van der Waals surface area contributed by atoms with Crippen LogP contribution in [0.15, 0.2) is 29.0 Å². The maximum Gasteiger partial charge on any atom is 0.419 e. The minimum atomic E-state index is -4.64. The molecule has 0 aliphatic heterocycles. The number of H-pyrrole nitrogens is 1. The number of carbonyl (C=O) groups is 1. The molecule has 1 amide bonds. The monoisotopic (exact) mass is 443 g/mol. The van der Waals surface area contributed by atoms with Crippen molar-refractivity contribution in [2.24, 2.45) is 0 Å². The van der Waals surface area contributed by atoms with Gasteiger partial charge in [0.05, 0.1) is 28.5 Å². The molecule has 142 valence electrons. The molecule has 0 radical (unpaired) electrons. The SMILES string of the molecule is COC(=O)N(C)c1ccc2c(-c3nc(N)ncc3C(F)(F)F)c[nH]c2c1Br. The molecule has 11 heteroatoms. The van der Waals surface area contributed by atoms with Gasteiger partial charge in [-0.1, -0.05) is 0 Å². The number of benzene rings is 1. The van der Waals surface area contributed by atoms with E-state index in [4.69, 9.17) is 5.73 Å². The standard InChI is InChI=1S/C16H13BrF3N5O2/c1-25(15(26)27-2)10-4-3-7-8(5-22-13(7)11(10)17)12-9(16(18,19)20)6-23-14(21)24-12/h3-6,22H,1-2H3,(H2,21,23,24). The number of halogens is 4. The predicted octanol–water partition coefficient (Wildman–Crippen LogP) is 4.19. The number of nitrogens with two attached hydrogens (primary N) is 1. The molecule has 0 atom stereocenters. The van der Waals surface area contributed by atoms with E-state index >= 15 is 0 Å². The molecule has 0 aliphatic rings. The quantitative estimate of drug-likeness (QED) is 0.618. The van der Waals surface area contributed by atoms with Crippen LogP contribution in [0.1, 0.15) is 5.56 Å². The summed E-state index contributed by atoms with van der Waals surface area (Å²) in [5.41, 5.74) is 5.34. The van der Waals surface area contributed by atoms with E-state index in [0.717, 1.165) is 0 Å². The molecule has 27 heavy (non-hydrogen) atoms. The Morgan fingerprint density at radius 3 is 2.70 bits per heavy atom. The second-order valence-corrected chi connectivity index (χ2v) is 6.33. The number of nitrogens with zero attached hydrogens (tertiary/aromatic N) is 3. The summed E-state index contributed by atoms with van der Waals surface area (Å²) in [5, 5.41) is 0.465. The number of nitrogens with one attached hydrogen (secondary N) is 1. The zero-order chi connectivity index (χ0) is 19.9. The summed E-state index contributed by atoms with van der Waals surface area (Å²) in [7, 11) is 2.75. The van der Waals surface area contributed by atoms with E-state index < -0.39 is 17.8 Å². The van der Waals surface area contributed by atoms with Gasteiger partial charge < -0.3 is 15.5 Å². The fourth-order valence-electron chi connectivity index (χ4n) is 2.65. The zero-order valence-corrected chi connectivity index (χ0v) is 15.6. The van der Waals surface area contributed by atoms with Crippen LogP contribution in [-0.2, 0) is 10.9 Å². The van der Waals surface area contributed by atoms with E-state index in [0.29, 0.717) is 27.3 Å². The maximum atomic E-state index is 13.4. The van der Waals surface area contributed by atoms with Crippen molar-refractivity contribution in [2.45, 2.75) is 6.18 Å². The third-order valence-corrected chi connectivity index (χ3v) is 4.75. The summed E-state index contributed by atoms with van der Waals surface area (Å²) in [6, 6.07) is 3.16. The normalized spacial score (nSPS) is 11.6. The Kier molecular flexibility index (Phi) is 4.72. The molecule has 0 bridgehead atoms. The molecular weight excluding hydrogens is 431 g/mol. The van der Waals surface area contributed by atoms with Gasteiger partial charge in [-0.3, -0.25) is 4.90 Å². The van der Waals surface area contributed by atoms with Gasteiger partial charge in [0.1, 0.15) is 5.56 Å². The van der Waals surface area contributed by atoms with Crippen molar-refractivity contribution in [1.82, 2.24) is 15.0 Å². The average molecular weight is 444 g/mol. The Bertz CT molecular complexity index is 1030. The average Bonchev–Trinajstić information content (AvgIpc) is 3.04. The number of aromatic amines is 1. The Morgan fingerprint density at radius 2 is 2.07 bits per heavy atom. The fraction of sp³-hybridized carbons (Fsp3) is 0.188. The minimum Gasteiger partial charge on any atom is -0.452 e. The van der Waals surface area contributed by atoms with Gasteiger partial charge in [0.25, 0.3) is 0 Å². The van der Waals surface area contributed by atoms with Crippen molar-refractivity contribution in [3.8, 4) is 11.3 Å². The molecule has 0 aliphatic carbocycles. The predicted molar refractivity (Wildman–Crippen MR) is 97.2 cm³/mol. The van der Waals surface area contributed by atoms with E-state index in [1.54, 1.807) is 12.1 Å². The molecule has 0 spiro atoms. The molecule has 7 nitrogen and oxygen atoms in total. The lowest BCUT2D eigenvalue weighted by atomic mass is 10.1. The lowest BCUT2D eigenvalue weighted by Gasteiger charge is -2.17. The first kappa shape index (κ1) is 19.0. The van der Waals surface area contributed by atoms with Crippen LogP contribution in [0.25, 0.3) is 22.2 Å². The summed E-state index contributed by atoms with van der Waals surface area (Å²) in [4.78, 5) is 23.1. The first-order valence-electron chi connectivity index (χ1n) is 7.46. The largest absolute Gasteiger partial charge is 0.452 e. The van der Waals surface area contributed by atoms with Crippen LogP contribution in [0.5, 0.6) is 0 Å². The first-order chi connectivity index (χ1) is 12.6. The number of rotatable bonds is 2. The van der Waals surface area contributed by atoms with Gasteiger partial charge in [-0.05, 0) is 28.1 Å². The summed E-state index contributed by atoms with van der Waals surface area (Å²) in [5.74, 6) is -0.270. The van der Waals surface area contributed by atoms with Gasteiger partial charge in [0.15, 0.2) is 0 Å². The molecule has 2 heterocycles. The molecule has 3 aromatic rings. The van der Waals surface area contributed by atoms with Crippen LogP contribution in [-0.4, -0.2) is 35.2 Å². The van der Waals surface area contributed by atoms with Crippen LogP contribution in [0, 0.1) is 0 Å². The van der Waals surface area contributed by atoms with Crippen LogP contribution in [0.4, 0.5) is 29.6 Å². The highest BCUT2D eigenvalue weighted by Crippen LogP contribution is 2.41. The molecule has 1 aromatic carbocycles. The van der Waals surface area contributed by atoms with Gasteiger partial charge in [0.2, 0.25) is 5.95 Å². The van der Waals surface area contributed by atoms with Crippen molar-refractivity contribution in [3.05, 3.63) is 34.6 Å². The van der Waals surface area contributed by atoms with Gasteiger partial charge in [-0.25, -0.2) is 14.8 Å². The highest BCUT2D eigenvalue weighted by Gasteiger charge is 2.36. The van der Waals surface area contributed by atoms with E-state index in [9.17, 15) is 18.0 Å². The van der Waals surface area contributed by atoms with E-state index in [1.165, 1.54) is 25.3 Å². The van der Waals surface area contributed by atoms with Crippen molar-refractivity contribution >= 4 is 44.6 Å². The number of anilines is 2. The highest BCUT2D eigenvalue weighted by atomic mass is 79.9. The minimum absolute atomic E-state index is 0.208. The molecule has 0 saturated heterocycles. The third-order valence-electron chi connectivity index (χ3n) is 3.95. The van der Waals surface area contributed by atoms with Crippen LogP contribution in [0.2, 0.25) is 0 Å². The van der Waals surface area contributed by atoms with Crippen molar-refractivity contribution in [3.63, 3.8) is 0 Å². The second-order valence-electron chi connectivity index (χ2n) is 5.54. The highest BCUT2D eigenvalue weighted by molar-refractivity contribution is 9.10. The molecule has 2 aromatic heterocycles. The van der Waals surface area contributed by atoms with Crippen LogP contribution >= 0.6 is 15.9 Å². The topological polar surface area (TPSA) is 97.1 Å². The summed E-state index contributed by atoms with van der Waals surface area (Å²) in [6.45, 7) is 0. The molecule has 3 N–H and O–H groups in total. The Hall–Kier alpha value is -2.82. The number of alkyl halides is 3. The summed E-state index contributed by atoms with van der Waals surface area (Å²) >= 11 is 3.38. The van der Waals surface area contributed by atoms with Gasteiger partial charge in [-0.2, -0.15) is 13.2 Å². The Morgan fingerprint density at radius 1 is 1.37 bits per heavy atom. The van der Waals surface area contributed by atoms with Crippen molar-refractivity contribution < 1.29 is 22.7 Å². The second kappa shape index (κ2) is 6.72. The third kappa shape index (κ3) is 3.29. The molecule has 0 unspecified atom stereocenters. The van der Waals surface area contributed by atoms with Gasteiger partial charge in [0, 0.05) is 30.4 Å². The Balaban J connectivity index is 2.21. The maximum absolute atomic E-state index is 13.4. The molecule has 0 fully saturated rings. The van der Waals surface area contributed by atoms with Crippen LogP contribution in [0.3, 0.4) is 0 Å². The van der Waals surface area contributed by atoms with Crippen molar-refractivity contribution in [2.75, 3.05) is 24.8 Å². The lowest BCUT2D eigenvalue weighted by Crippen LogP contribution is -2.26. The lowest BCUT2D eigenvalue weighted by molar-refractivity contribution is -0.137. The number of carbonyl (C=O) groups excluding carboxylic acids is 1. The van der Waals surface area contributed by atoms with E-state index in [1.807, 2.05) is 0 Å². The summed E-state index contributed by atoms with van der Waals surface area (Å²) in [6.07, 6.45) is -3.18. The van der Waals surface area contributed by atoms with Crippen LogP contribution < -0.4 is 10.6 Å². The summed E-state index contributed by atoms with van der Waals surface area (Å²) < 4.78 is 45.2. The number of amides is 1. The smallest absolute Gasteiger partial charge is 0.419 e.